The Morgan fingerprint density at radius 2 is 1.62 bits per heavy atom. The molecule has 2 bridgehead atoms. The van der Waals surface area contributed by atoms with Crippen molar-refractivity contribution in [1.29, 1.82) is 0 Å². The van der Waals surface area contributed by atoms with Gasteiger partial charge in [0.1, 0.15) is 0 Å². The predicted molar refractivity (Wildman–Crippen MR) is 52.4 cm³/mol. The summed E-state index contributed by atoms with van der Waals surface area (Å²) in [6.45, 7) is 6.68. The maximum absolute atomic E-state index is 5.60. The Morgan fingerprint density at radius 3 is 2.08 bits per heavy atom. The van der Waals surface area contributed by atoms with Crippen molar-refractivity contribution in [3.8, 4) is 0 Å². The number of fused-ring (bicyclic) bond motifs is 5. The lowest BCUT2D eigenvalue weighted by molar-refractivity contribution is 0.170. The minimum absolute atomic E-state index is 0.892. The Hall–Kier alpha value is -0.300. The van der Waals surface area contributed by atoms with Gasteiger partial charge in [0, 0.05) is 0 Å². The van der Waals surface area contributed by atoms with E-state index in [1.807, 2.05) is 5.57 Å². The molecule has 0 N–H and O–H groups in total. The molecule has 3 rings (SSSR count). The van der Waals surface area contributed by atoms with Crippen LogP contribution in [0.1, 0.15) is 26.7 Å². The van der Waals surface area contributed by atoms with Gasteiger partial charge in [-0.25, -0.2) is 0 Å². The number of allylic oxidation sites excluding steroid dienone is 2. The molecule has 4 atom stereocenters. The van der Waals surface area contributed by atoms with Gasteiger partial charge < -0.3 is 4.74 Å². The van der Waals surface area contributed by atoms with Crippen LogP contribution in [0.3, 0.4) is 0 Å². The van der Waals surface area contributed by atoms with E-state index in [0.29, 0.717) is 0 Å². The van der Waals surface area contributed by atoms with Crippen molar-refractivity contribution in [2.45, 2.75) is 26.7 Å². The smallest absolute Gasteiger partial charge is 0.0503 e. The molecular formula is C12H18O. The van der Waals surface area contributed by atoms with Crippen molar-refractivity contribution in [1.82, 2.24) is 0 Å². The predicted octanol–water partition coefficient (Wildman–Crippen LogP) is 2.63. The van der Waals surface area contributed by atoms with Crippen LogP contribution < -0.4 is 0 Å². The lowest BCUT2D eigenvalue weighted by Crippen LogP contribution is -2.19. The highest BCUT2D eigenvalue weighted by Crippen LogP contribution is 2.58. The van der Waals surface area contributed by atoms with E-state index in [0.717, 1.165) is 36.9 Å². The van der Waals surface area contributed by atoms with Crippen LogP contribution in [0.2, 0.25) is 0 Å². The summed E-state index contributed by atoms with van der Waals surface area (Å²) in [6, 6.07) is 0. The standard InChI is InChI=1S/C12H18O/c1-7(2)12-8-3-4-9(12)11-6-13-5-10(8)11/h8-11H,3-6H2,1-2H3/t8-,9+,10-,11-/m1/s1. The molecule has 0 aromatic rings. The summed E-state index contributed by atoms with van der Waals surface area (Å²) in [5.74, 6) is 3.59. The first-order chi connectivity index (χ1) is 6.29. The van der Waals surface area contributed by atoms with E-state index < -0.39 is 0 Å². The molecule has 0 aromatic heterocycles. The lowest BCUT2D eigenvalue weighted by atomic mass is 9.82. The Morgan fingerprint density at radius 1 is 1.08 bits per heavy atom. The average molecular weight is 178 g/mol. The van der Waals surface area contributed by atoms with Crippen molar-refractivity contribution in [3.63, 3.8) is 0 Å². The molecule has 0 aromatic carbocycles. The topological polar surface area (TPSA) is 9.23 Å². The highest BCUT2D eigenvalue weighted by atomic mass is 16.5. The van der Waals surface area contributed by atoms with Gasteiger partial charge in [-0.05, 0) is 50.4 Å². The summed E-state index contributed by atoms with van der Waals surface area (Å²) < 4.78 is 5.60. The zero-order valence-electron chi connectivity index (χ0n) is 8.55. The van der Waals surface area contributed by atoms with Gasteiger partial charge >= 0.3 is 0 Å². The van der Waals surface area contributed by atoms with Crippen molar-refractivity contribution in [2.75, 3.05) is 13.2 Å². The first-order valence-electron chi connectivity index (χ1n) is 5.54. The van der Waals surface area contributed by atoms with Gasteiger partial charge in [0.2, 0.25) is 0 Å². The molecule has 2 aliphatic carbocycles. The Balaban J connectivity index is 2.01. The van der Waals surface area contributed by atoms with E-state index >= 15 is 0 Å². The van der Waals surface area contributed by atoms with E-state index in [9.17, 15) is 0 Å². The van der Waals surface area contributed by atoms with E-state index in [4.69, 9.17) is 4.74 Å². The third-order valence-electron chi connectivity index (χ3n) is 4.37. The van der Waals surface area contributed by atoms with Crippen LogP contribution in [-0.4, -0.2) is 13.2 Å². The van der Waals surface area contributed by atoms with Gasteiger partial charge in [0.05, 0.1) is 13.2 Å². The average Bonchev–Trinajstić information content (AvgIpc) is 2.75. The molecule has 1 heterocycles. The van der Waals surface area contributed by atoms with Gasteiger partial charge in [-0.3, -0.25) is 0 Å². The van der Waals surface area contributed by atoms with Gasteiger partial charge in [-0.15, -0.1) is 0 Å². The third-order valence-corrected chi connectivity index (χ3v) is 4.37. The maximum atomic E-state index is 5.60. The Bertz CT molecular complexity index is 242. The van der Waals surface area contributed by atoms with Crippen LogP contribution >= 0.6 is 0 Å². The van der Waals surface area contributed by atoms with E-state index in [1.165, 1.54) is 12.8 Å². The first kappa shape index (κ1) is 8.05. The Kier molecular flexibility index (Phi) is 1.61. The van der Waals surface area contributed by atoms with E-state index in [2.05, 4.69) is 13.8 Å². The van der Waals surface area contributed by atoms with Gasteiger partial charge in [0.25, 0.3) is 0 Å². The Labute approximate surface area is 80.2 Å². The summed E-state index contributed by atoms with van der Waals surface area (Å²) in [4.78, 5) is 0. The van der Waals surface area contributed by atoms with Crippen molar-refractivity contribution < 1.29 is 4.74 Å². The lowest BCUT2D eigenvalue weighted by Gasteiger charge is -2.20. The van der Waals surface area contributed by atoms with Crippen LogP contribution in [0, 0.1) is 23.7 Å². The molecule has 3 aliphatic rings. The summed E-state index contributed by atoms with van der Waals surface area (Å²) in [6.07, 6.45) is 2.88. The molecule has 2 saturated carbocycles. The fraction of sp³-hybridized carbons (Fsp3) is 0.833. The number of ether oxygens (including phenoxy) is 1. The number of hydrogen-bond donors (Lipinski definition) is 0. The molecule has 0 spiro atoms. The molecule has 1 heteroatoms. The minimum atomic E-state index is 0.892. The van der Waals surface area contributed by atoms with Crippen LogP contribution in [0.25, 0.3) is 0 Å². The zero-order chi connectivity index (χ0) is 9.00. The van der Waals surface area contributed by atoms with Gasteiger partial charge in [-0.2, -0.15) is 0 Å². The van der Waals surface area contributed by atoms with Crippen LogP contribution in [0.5, 0.6) is 0 Å². The fourth-order valence-electron chi connectivity index (χ4n) is 3.99. The molecule has 72 valence electrons. The van der Waals surface area contributed by atoms with Crippen molar-refractivity contribution >= 4 is 0 Å². The van der Waals surface area contributed by atoms with Gasteiger partial charge in [0.15, 0.2) is 0 Å². The molecule has 1 aliphatic heterocycles. The zero-order valence-corrected chi connectivity index (χ0v) is 8.55. The maximum Gasteiger partial charge on any atom is 0.0503 e. The second-order valence-corrected chi connectivity index (χ2v) is 5.11. The quantitative estimate of drug-likeness (QED) is 0.518. The molecule has 0 radical (unpaired) electrons. The minimum Gasteiger partial charge on any atom is -0.381 e. The van der Waals surface area contributed by atoms with E-state index in [-0.39, 0.29) is 0 Å². The van der Waals surface area contributed by atoms with Crippen molar-refractivity contribution in [3.05, 3.63) is 11.1 Å². The van der Waals surface area contributed by atoms with Gasteiger partial charge in [-0.1, -0.05) is 11.1 Å². The van der Waals surface area contributed by atoms with Crippen LogP contribution in [0.4, 0.5) is 0 Å². The fourth-order valence-corrected chi connectivity index (χ4v) is 3.99. The third kappa shape index (κ3) is 0.914. The van der Waals surface area contributed by atoms with Crippen LogP contribution in [-0.2, 0) is 4.74 Å². The molecular weight excluding hydrogens is 160 g/mol. The highest BCUT2D eigenvalue weighted by molar-refractivity contribution is 5.29. The van der Waals surface area contributed by atoms with Crippen molar-refractivity contribution in [2.24, 2.45) is 23.7 Å². The molecule has 0 amide bonds. The molecule has 3 fully saturated rings. The number of hydrogen-bond acceptors (Lipinski definition) is 1. The summed E-state index contributed by atoms with van der Waals surface area (Å²) in [5, 5.41) is 0. The van der Waals surface area contributed by atoms with E-state index in [1.54, 1.807) is 5.57 Å². The highest BCUT2D eigenvalue weighted by Gasteiger charge is 2.53. The molecule has 13 heavy (non-hydrogen) atoms. The summed E-state index contributed by atoms with van der Waals surface area (Å²) >= 11 is 0. The second kappa shape index (κ2) is 2.60. The van der Waals surface area contributed by atoms with Crippen LogP contribution in [0.15, 0.2) is 11.1 Å². The molecule has 1 nitrogen and oxygen atoms in total. The largest absolute Gasteiger partial charge is 0.381 e. The second-order valence-electron chi connectivity index (χ2n) is 5.11. The molecule has 0 unspecified atom stereocenters. The summed E-state index contributed by atoms with van der Waals surface area (Å²) in [5.41, 5.74) is 3.42. The first-order valence-corrected chi connectivity index (χ1v) is 5.54. The number of rotatable bonds is 0. The SMILES string of the molecule is CC(C)=C1[C@H]2CC[C@@H]1[C@H]1COC[C@@H]12. The summed E-state index contributed by atoms with van der Waals surface area (Å²) in [7, 11) is 0. The normalized spacial score (nSPS) is 47.1. The monoisotopic (exact) mass is 178 g/mol. The molecule has 1 saturated heterocycles.